The van der Waals surface area contributed by atoms with Crippen LogP contribution >= 0.6 is 0 Å². The Labute approximate surface area is 97.6 Å². The first kappa shape index (κ1) is 14.6. The lowest BCUT2D eigenvalue weighted by Crippen LogP contribution is -2.19. The number of carbonyl (C=O) groups is 2. The predicted molar refractivity (Wildman–Crippen MR) is 66.0 cm³/mol. The van der Waals surface area contributed by atoms with E-state index in [1.165, 1.54) is 6.08 Å². The van der Waals surface area contributed by atoms with Crippen molar-refractivity contribution in [3.05, 3.63) is 24.3 Å². The van der Waals surface area contributed by atoms with Crippen LogP contribution in [0.5, 0.6) is 0 Å². The molecule has 1 N–H and O–H groups in total. The monoisotopic (exact) mass is 223 g/mol. The van der Waals surface area contributed by atoms with Crippen molar-refractivity contribution in [3.63, 3.8) is 0 Å². The zero-order chi connectivity index (χ0) is 12.4. The molecule has 1 unspecified atom stereocenters. The molecular formula is C13H21NO2. The second kappa shape index (κ2) is 8.89. The maximum atomic E-state index is 11.3. The summed E-state index contributed by atoms with van der Waals surface area (Å²) in [6.45, 7) is 6.35. The molecular weight excluding hydrogens is 202 g/mol. The fourth-order valence-corrected chi connectivity index (χ4v) is 1.32. The Hall–Kier alpha value is -1.38. The van der Waals surface area contributed by atoms with Gasteiger partial charge in [0.1, 0.15) is 0 Å². The Morgan fingerprint density at radius 3 is 2.56 bits per heavy atom. The fourth-order valence-electron chi connectivity index (χ4n) is 1.32. The molecule has 0 aromatic carbocycles. The van der Waals surface area contributed by atoms with Crippen LogP contribution in [0.3, 0.4) is 0 Å². The summed E-state index contributed by atoms with van der Waals surface area (Å²) in [5, 5.41) is 2.68. The van der Waals surface area contributed by atoms with Gasteiger partial charge in [0.05, 0.1) is 0 Å². The summed E-state index contributed by atoms with van der Waals surface area (Å²) in [4.78, 5) is 22.3. The van der Waals surface area contributed by atoms with E-state index >= 15 is 0 Å². The van der Waals surface area contributed by atoms with Crippen molar-refractivity contribution in [2.24, 2.45) is 5.92 Å². The summed E-state index contributed by atoms with van der Waals surface area (Å²) in [6.07, 6.45) is 7.97. The number of ketones is 1. The minimum absolute atomic E-state index is 0.0746. The summed E-state index contributed by atoms with van der Waals surface area (Å²) in [5.41, 5.74) is 0. The predicted octanol–water partition coefficient (Wildman–Crippen LogP) is 2.24. The van der Waals surface area contributed by atoms with E-state index < -0.39 is 0 Å². The first-order valence-electron chi connectivity index (χ1n) is 5.70. The Morgan fingerprint density at radius 1 is 1.31 bits per heavy atom. The molecule has 16 heavy (non-hydrogen) atoms. The molecule has 0 heterocycles. The molecule has 0 bridgehead atoms. The molecule has 0 spiro atoms. The minimum atomic E-state index is -0.0746. The Morgan fingerprint density at radius 2 is 2.00 bits per heavy atom. The zero-order valence-electron chi connectivity index (χ0n) is 10.3. The highest BCUT2D eigenvalue weighted by Gasteiger charge is 2.04. The summed E-state index contributed by atoms with van der Waals surface area (Å²) in [5.74, 6) is 0.338. The van der Waals surface area contributed by atoms with Gasteiger partial charge in [-0.25, -0.2) is 0 Å². The van der Waals surface area contributed by atoms with Crippen LogP contribution in [0.15, 0.2) is 24.3 Å². The molecule has 0 fully saturated rings. The van der Waals surface area contributed by atoms with E-state index in [0.29, 0.717) is 13.0 Å². The average molecular weight is 223 g/mol. The summed E-state index contributed by atoms with van der Waals surface area (Å²) >= 11 is 0. The number of carbonyl (C=O) groups excluding carboxylic acids is 2. The largest absolute Gasteiger partial charge is 0.353 e. The second-order valence-electron chi connectivity index (χ2n) is 3.81. The van der Waals surface area contributed by atoms with Crippen LogP contribution < -0.4 is 5.32 Å². The van der Waals surface area contributed by atoms with E-state index in [1.54, 1.807) is 12.2 Å². The summed E-state index contributed by atoms with van der Waals surface area (Å²) < 4.78 is 0. The summed E-state index contributed by atoms with van der Waals surface area (Å²) in [7, 11) is 0. The molecule has 3 nitrogen and oxygen atoms in total. The first-order chi connectivity index (χ1) is 7.60. The number of likely N-dealkylation sites (N-methyl/N-ethyl adjacent to an activating group) is 1. The lowest BCUT2D eigenvalue weighted by Gasteiger charge is -2.04. The zero-order valence-corrected chi connectivity index (χ0v) is 10.3. The topological polar surface area (TPSA) is 46.2 Å². The molecule has 0 saturated carbocycles. The smallest absolute Gasteiger partial charge is 0.243 e. The van der Waals surface area contributed by atoms with Crippen molar-refractivity contribution in [1.82, 2.24) is 5.32 Å². The maximum absolute atomic E-state index is 11.3. The number of hydrogen-bond donors (Lipinski definition) is 1. The van der Waals surface area contributed by atoms with Crippen LogP contribution in [0, 0.1) is 5.92 Å². The number of amides is 1. The lowest BCUT2D eigenvalue weighted by atomic mass is 10.0. The van der Waals surface area contributed by atoms with E-state index in [1.807, 2.05) is 26.8 Å². The van der Waals surface area contributed by atoms with E-state index in [9.17, 15) is 9.59 Å². The van der Waals surface area contributed by atoms with Crippen LogP contribution in [0.1, 0.15) is 33.6 Å². The van der Waals surface area contributed by atoms with Gasteiger partial charge in [0.2, 0.25) is 5.91 Å². The van der Waals surface area contributed by atoms with Crippen molar-refractivity contribution in [2.75, 3.05) is 6.54 Å². The van der Waals surface area contributed by atoms with Gasteiger partial charge in [-0.15, -0.1) is 0 Å². The number of rotatable bonds is 7. The lowest BCUT2D eigenvalue weighted by molar-refractivity contribution is -0.116. The fraction of sp³-hybridized carbons (Fsp3) is 0.538. The third kappa shape index (κ3) is 7.97. The van der Waals surface area contributed by atoms with Gasteiger partial charge in [-0.2, -0.15) is 0 Å². The van der Waals surface area contributed by atoms with Crippen molar-refractivity contribution in [3.8, 4) is 0 Å². The standard InChI is InChI=1S/C13H21NO2/c1-4-7-12(15)10-11(3)8-6-9-13(16)14-5-2/h4,6-7,9,11H,5,8,10H2,1-3H3,(H,14,16)/b7-4+,9-6+. The van der Waals surface area contributed by atoms with Crippen molar-refractivity contribution in [2.45, 2.75) is 33.6 Å². The Balaban J connectivity index is 3.84. The highest BCUT2D eigenvalue weighted by atomic mass is 16.1. The molecule has 3 heteroatoms. The molecule has 90 valence electrons. The highest BCUT2D eigenvalue weighted by Crippen LogP contribution is 2.09. The van der Waals surface area contributed by atoms with Crippen LogP contribution in [-0.2, 0) is 9.59 Å². The highest BCUT2D eigenvalue weighted by molar-refractivity contribution is 5.89. The van der Waals surface area contributed by atoms with Gasteiger partial charge < -0.3 is 5.32 Å². The third-order valence-corrected chi connectivity index (χ3v) is 2.06. The van der Waals surface area contributed by atoms with E-state index in [-0.39, 0.29) is 17.6 Å². The van der Waals surface area contributed by atoms with Gasteiger partial charge in [0, 0.05) is 13.0 Å². The van der Waals surface area contributed by atoms with Gasteiger partial charge in [0.25, 0.3) is 0 Å². The first-order valence-corrected chi connectivity index (χ1v) is 5.70. The Kier molecular flexibility index (Phi) is 8.12. The second-order valence-corrected chi connectivity index (χ2v) is 3.81. The number of hydrogen-bond acceptors (Lipinski definition) is 2. The molecule has 0 radical (unpaired) electrons. The average Bonchev–Trinajstić information content (AvgIpc) is 2.18. The number of allylic oxidation sites excluding steroid dienone is 3. The van der Waals surface area contributed by atoms with Crippen molar-refractivity contribution >= 4 is 11.7 Å². The molecule has 0 saturated heterocycles. The van der Waals surface area contributed by atoms with Crippen LogP contribution in [-0.4, -0.2) is 18.2 Å². The molecule has 0 aliphatic heterocycles. The van der Waals surface area contributed by atoms with Gasteiger partial charge in [-0.05, 0) is 38.3 Å². The van der Waals surface area contributed by atoms with Gasteiger partial charge >= 0.3 is 0 Å². The van der Waals surface area contributed by atoms with Crippen LogP contribution in [0.25, 0.3) is 0 Å². The molecule has 1 amide bonds. The molecule has 0 aliphatic rings. The molecule has 1 atom stereocenters. The van der Waals surface area contributed by atoms with E-state index in [4.69, 9.17) is 0 Å². The Bertz CT molecular complexity index is 280. The number of nitrogens with one attached hydrogen (secondary N) is 1. The molecule has 0 rings (SSSR count). The van der Waals surface area contributed by atoms with E-state index in [0.717, 1.165) is 6.42 Å². The molecule has 0 aromatic heterocycles. The maximum Gasteiger partial charge on any atom is 0.243 e. The summed E-state index contributed by atoms with van der Waals surface area (Å²) in [6, 6.07) is 0. The van der Waals surface area contributed by atoms with Crippen LogP contribution in [0.2, 0.25) is 0 Å². The van der Waals surface area contributed by atoms with E-state index in [2.05, 4.69) is 5.32 Å². The van der Waals surface area contributed by atoms with Gasteiger partial charge in [-0.3, -0.25) is 9.59 Å². The van der Waals surface area contributed by atoms with Crippen LogP contribution in [0.4, 0.5) is 0 Å². The van der Waals surface area contributed by atoms with Crippen molar-refractivity contribution in [1.29, 1.82) is 0 Å². The third-order valence-electron chi connectivity index (χ3n) is 2.06. The van der Waals surface area contributed by atoms with Gasteiger partial charge in [-0.1, -0.05) is 19.1 Å². The van der Waals surface area contributed by atoms with Crippen molar-refractivity contribution < 1.29 is 9.59 Å². The molecule has 0 aliphatic carbocycles. The normalized spacial score (nSPS) is 13.2. The quantitative estimate of drug-likeness (QED) is 0.673. The van der Waals surface area contributed by atoms with Gasteiger partial charge in [0.15, 0.2) is 5.78 Å². The SMILES string of the molecule is C/C=C/C(=O)CC(C)C/C=C/C(=O)NCC. The molecule has 0 aromatic rings. The minimum Gasteiger partial charge on any atom is -0.353 e.